The van der Waals surface area contributed by atoms with Gasteiger partial charge in [-0.1, -0.05) is 25.0 Å². The molecule has 0 radical (unpaired) electrons. The van der Waals surface area contributed by atoms with E-state index in [9.17, 15) is 4.79 Å². The summed E-state index contributed by atoms with van der Waals surface area (Å²) in [6, 6.07) is 7.22. The highest BCUT2D eigenvalue weighted by Gasteiger charge is 2.20. The van der Waals surface area contributed by atoms with Crippen LogP contribution in [-0.2, 0) is 6.42 Å². The molecule has 0 aliphatic heterocycles. The minimum Gasteiger partial charge on any atom is -0.478 e. The maximum atomic E-state index is 10.6. The summed E-state index contributed by atoms with van der Waals surface area (Å²) in [6.07, 6.45) is 5.11. The van der Waals surface area contributed by atoms with Crippen LogP contribution in [0.2, 0.25) is 0 Å². The van der Waals surface area contributed by atoms with Crippen LogP contribution in [0.4, 0.5) is 0 Å². The van der Waals surface area contributed by atoms with Gasteiger partial charge in [0.05, 0.1) is 5.56 Å². The molecule has 0 unspecified atom stereocenters. The summed E-state index contributed by atoms with van der Waals surface area (Å²) in [5, 5.41) is 8.70. The lowest BCUT2D eigenvalue weighted by Gasteiger charge is -2.00. The van der Waals surface area contributed by atoms with Crippen molar-refractivity contribution in [1.82, 2.24) is 0 Å². The maximum absolute atomic E-state index is 10.6. The van der Waals surface area contributed by atoms with Crippen molar-refractivity contribution in [3.63, 3.8) is 0 Å². The van der Waals surface area contributed by atoms with Gasteiger partial charge >= 0.3 is 5.97 Å². The molecule has 1 aliphatic carbocycles. The average molecular weight is 190 g/mol. The predicted molar refractivity (Wildman–Crippen MR) is 54.4 cm³/mol. The van der Waals surface area contributed by atoms with Crippen LogP contribution in [0, 0.1) is 5.92 Å². The molecule has 2 heteroatoms. The molecular formula is C12H14O2. The Morgan fingerprint density at radius 3 is 2.43 bits per heavy atom. The van der Waals surface area contributed by atoms with Crippen LogP contribution in [0.5, 0.6) is 0 Å². The largest absolute Gasteiger partial charge is 0.478 e. The fraction of sp³-hybridized carbons (Fsp3) is 0.417. The molecule has 2 nitrogen and oxygen atoms in total. The minimum atomic E-state index is -0.848. The Kier molecular flexibility index (Phi) is 2.53. The van der Waals surface area contributed by atoms with Crippen molar-refractivity contribution in [3.05, 3.63) is 35.4 Å². The normalized spacial score (nSPS) is 15.4. The monoisotopic (exact) mass is 190 g/mol. The van der Waals surface area contributed by atoms with Crippen molar-refractivity contribution in [2.45, 2.75) is 25.7 Å². The summed E-state index contributed by atoms with van der Waals surface area (Å²) < 4.78 is 0. The van der Waals surface area contributed by atoms with Gasteiger partial charge in [0.25, 0.3) is 0 Å². The van der Waals surface area contributed by atoms with Crippen molar-refractivity contribution < 1.29 is 9.90 Å². The van der Waals surface area contributed by atoms with Gasteiger partial charge in [0.15, 0.2) is 0 Å². The van der Waals surface area contributed by atoms with E-state index in [0.29, 0.717) is 5.56 Å². The third-order valence-electron chi connectivity index (χ3n) is 2.74. The number of rotatable bonds is 4. The van der Waals surface area contributed by atoms with Gasteiger partial charge in [-0.15, -0.1) is 0 Å². The van der Waals surface area contributed by atoms with Crippen molar-refractivity contribution in [2.75, 3.05) is 0 Å². The van der Waals surface area contributed by atoms with Crippen molar-refractivity contribution in [2.24, 2.45) is 5.92 Å². The summed E-state index contributed by atoms with van der Waals surface area (Å²) in [5.41, 5.74) is 1.63. The Balaban J connectivity index is 1.94. The molecule has 1 N–H and O–H groups in total. The lowest BCUT2D eigenvalue weighted by Crippen LogP contribution is -1.96. The molecule has 1 fully saturated rings. The van der Waals surface area contributed by atoms with E-state index in [1.807, 2.05) is 12.1 Å². The molecule has 74 valence electrons. The van der Waals surface area contributed by atoms with Crippen LogP contribution in [0.1, 0.15) is 35.2 Å². The molecule has 0 amide bonds. The summed E-state index contributed by atoms with van der Waals surface area (Å²) >= 11 is 0. The standard InChI is InChI=1S/C12H14O2/c13-12(14)11-7-5-10(6-8-11)4-3-9-1-2-9/h5-9H,1-4H2,(H,13,14). The Labute approximate surface area is 83.6 Å². The third kappa shape index (κ3) is 2.34. The number of carboxylic acid groups (broad SMARTS) is 1. The van der Waals surface area contributed by atoms with Crippen LogP contribution in [0.25, 0.3) is 0 Å². The molecule has 0 bridgehead atoms. The van der Waals surface area contributed by atoms with E-state index in [0.717, 1.165) is 12.3 Å². The van der Waals surface area contributed by atoms with Crippen molar-refractivity contribution in [1.29, 1.82) is 0 Å². The van der Waals surface area contributed by atoms with Crippen LogP contribution in [-0.4, -0.2) is 11.1 Å². The highest BCUT2D eigenvalue weighted by atomic mass is 16.4. The summed E-state index contributed by atoms with van der Waals surface area (Å²) in [5.74, 6) is 0.0906. The number of benzene rings is 1. The zero-order valence-electron chi connectivity index (χ0n) is 8.07. The van der Waals surface area contributed by atoms with Gasteiger partial charge in [0, 0.05) is 0 Å². The molecule has 1 saturated carbocycles. The first-order chi connectivity index (χ1) is 6.75. The number of aromatic carboxylic acids is 1. The molecule has 0 saturated heterocycles. The predicted octanol–water partition coefficient (Wildman–Crippen LogP) is 2.73. The Bertz CT molecular complexity index is 323. The second-order valence-electron chi connectivity index (χ2n) is 3.98. The minimum absolute atomic E-state index is 0.375. The van der Waals surface area contributed by atoms with E-state index in [4.69, 9.17) is 5.11 Å². The van der Waals surface area contributed by atoms with Gasteiger partial charge in [0.1, 0.15) is 0 Å². The molecule has 0 atom stereocenters. The van der Waals surface area contributed by atoms with E-state index >= 15 is 0 Å². The van der Waals surface area contributed by atoms with Crippen LogP contribution >= 0.6 is 0 Å². The van der Waals surface area contributed by atoms with Gasteiger partial charge in [-0.25, -0.2) is 4.79 Å². The topological polar surface area (TPSA) is 37.3 Å². The molecule has 1 aromatic carbocycles. The number of carboxylic acids is 1. The van der Waals surface area contributed by atoms with Crippen molar-refractivity contribution in [3.8, 4) is 0 Å². The lowest BCUT2D eigenvalue weighted by molar-refractivity contribution is 0.0697. The summed E-state index contributed by atoms with van der Waals surface area (Å²) in [4.78, 5) is 10.6. The van der Waals surface area contributed by atoms with Gasteiger partial charge in [0.2, 0.25) is 0 Å². The second kappa shape index (κ2) is 3.82. The van der Waals surface area contributed by atoms with Gasteiger partial charge in [-0.3, -0.25) is 0 Å². The second-order valence-corrected chi connectivity index (χ2v) is 3.98. The smallest absolute Gasteiger partial charge is 0.335 e. The average Bonchev–Trinajstić information content (AvgIpc) is 2.99. The Morgan fingerprint density at radius 1 is 1.29 bits per heavy atom. The van der Waals surface area contributed by atoms with E-state index in [1.54, 1.807) is 12.1 Å². The molecular weight excluding hydrogens is 176 g/mol. The SMILES string of the molecule is O=C(O)c1ccc(CCC2CC2)cc1. The van der Waals surface area contributed by atoms with E-state index in [1.165, 1.54) is 24.8 Å². The molecule has 1 aromatic rings. The van der Waals surface area contributed by atoms with Gasteiger partial charge < -0.3 is 5.11 Å². The summed E-state index contributed by atoms with van der Waals surface area (Å²) in [6.45, 7) is 0. The van der Waals surface area contributed by atoms with Gasteiger partial charge in [-0.2, -0.15) is 0 Å². The number of hydrogen-bond acceptors (Lipinski definition) is 1. The first-order valence-electron chi connectivity index (χ1n) is 5.08. The molecule has 0 heterocycles. The number of hydrogen-bond donors (Lipinski definition) is 1. The zero-order chi connectivity index (χ0) is 9.97. The first-order valence-corrected chi connectivity index (χ1v) is 5.08. The highest BCUT2D eigenvalue weighted by molar-refractivity contribution is 5.87. The van der Waals surface area contributed by atoms with Gasteiger partial charge in [-0.05, 0) is 36.5 Å². The molecule has 0 aromatic heterocycles. The summed E-state index contributed by atoms with van der Waals surface area (Å²) in [7, 11) is 0. The number of aryl methyl sites for hydroxylation is 1. The van der Waals surface area contributed by atoms with Crippen LogP contribution in [0.3, 0.4) is 0 Å². The quantitative estimate of drug-likeness (QED) is 0.792. The third-order valence-corrected chi connectivity index (χ3v) is 2.74. The molecule has 1 aliphatic rings. The van der Waals surface area contributed by atoms with E-state index < -0.39 is 5.97 Å². The van der Waals surface area contributed by atoms with Crippen LogP contribution in [0.15, 0.2) is 24.3 Å². The molecule has 14 heavy (non-hydrogen) atoms. The van der Waals surface area contributed by atoms with Crippen LogP contribution < -0.4 is 0 Å². The van der Waals surface area contributed by atoms with E-state index in [-0.39, 0.29) is 0 Å². The first kappa shape index (κ1) is 9.25. The van der Waals surface area contributed by atoms with Crippen molar-refractivity contribution >= 4 is 5.97 Å². The van der Waals surface area contributed by atoms with E-state index in [2.05, 4.69) is 0 Å². The number of carbonyl (C=O) groups is 1. The Hall–Kier alpha value is -1.31. The Morgan fingerprint density at radius 2 is 1.93 bits per heavy atom. The molecule has 0 spiro atoms. The fourth-order valence-electron chi connectivity index (χ4n) is 1.59. The lowest BCUT2D eigenvalue weighted by atomic mass is 10.1. The zero-order valence-corrected chi connectivity index (χ0v) is 8.07. The highest BCUT2D eigenvalue weighted by Crippen LogP contribution is 2.33. The molecule has 2 rings (SSSR count). The maximum Gasteiger partial charge on any atom is 0.335 e. The fourth-order valence-corrected chi connectivity index (χ4v) is 1.59.